The molecule has 0 bridgehead atoms. The highest BCUT2D eigenvalue weighted by atomic mass is 16.6. The van der Waals surface area contributed by atoms with E-state index in [0.29, 0.717) is 13.1 Å². The van der Waals surface area contributed by atoms with Crippen molar-refractivity contribution in [1.82, 2.24) is 15.0 Å². The fourth-order valence-corrected chi connectivity index (χ4v) is 1.92. The molecule has 0 radical (unpaired) electrons. The highest BCUT2D eigenvalue weighted by Crippen LogP contribution is 2.31. The zero-order chi connectivity index (χ0) is 15.2. The van der Waals surface area contributed by atoms with Gasteiger partial charge in [0.25, 0.3) is 0 Å². The van der Waals surface area contributed by atoms with E-state index in [4.69, 9.17) is 0 Å². The van der Waals surface area contributed by atoms with Crippen molar-refractivity contribution in [2.24, 2.45) is 0 Å². The van der Waals surface area contributed by atoms with Crippen LogP contribution < -0.4 is 10.2 Å². The molecule has 2 heterocycles. The minimum absolute atomic E-state index is 0.127. The Morgan fingerprint density at radius 1 is 1.33 bits per heavy atom. The molecule has 2 rings (SSSR count). The second kappa shape index (κ2) is 6.60. The fraction of sp³-hybridized carbons (Fsp3) is 0.308. The van der Waals surface area contributed by atoms with Crippen molar-refractivity contribution < 1.29 is 4.92 Å². The largest absolute Gasteiger partial charge is 0.364 e. The number of hydrogen-bond acceptors (Lipinski definition) is 7. The molecule has 0 aromatic carbocycles. The van der Waals surface area contributed by atoms with Gasteiger partial charge in [0, 0.05) is 19.8 Å². The first-order valence-electron chi connectivity index (χ1n) is 6.47. The van der Waals surface area contributed by atoms with Crippen LogP contribution >= 0.6 is 0 Å². The predicted octanol–water partition coefficient (Wildman–Crippen LogP) is 1.85. The van der Waals surface area contributed by atoms with E-state index in [9.17, 15) is 10.1 Å². The Balaban J connectivity index is 2.34. The highest BCUT2D eigenvalue weighted by Gasteiger charge is 2.25. The maximum atomic E-state index is 11.3. The van der Waals surface area contributed by atoms with Gasteiger partial charge in [-0.1, -0.05) is 6.07 Å². The van der Waals surface area contributed by atoms with Gasteiger partial charge in [-0.15, -0.1) is 0 Å². The Labute approximate surface area is 122 Å². The van der Waals surface area contributed by atoms with Gasteiger partial charge in [0.2, 0.25) is 11.6 Å². The first kappa shape index (κ1) is 14.6. The molecule has 0 spiro atoms. The van der Waals surface area contributed by atoms with Crippen LogP contribution in [-0.4, -0.2) is 33.5 Å². The monoisotopic (exact) mass is 288 g/mol. The van der Waals surface area contributed by atoms with Crippen molar-refractivity contribution in [3.63, 3.8) is 0 Å². The first-order valence-corrected chi connectivity index (χ1v) is 6.47. The van der Waals surface area contributed by atoms with Crippen molar-refractivity contribution in [2.45, 2.75) is 13.5 Å². The Kier molecular flexibility index (Phi) is 4.60. The van der Waals surface area contributed by atoms with Crippen LogP contribution in [0, 0.1) is 10.1 Å². The smallest absolute Gasteiger partial charge is 0.353 e. The lowest BCUT2D eigenvalue weighted by Gasteiger charge is -2.18. The van der Waals surface area contributed by atoms with Crippen molar-refractivity contribution in [2.75, 3.05) is 23.8 Å². The Bertz CT molecular complexity index is 619. The van der Waals surface area contributed by atoms with E-state index < -0.39 is 4.92 Å². The zero-order valence-corrected chi connectivity index (χ0v) is 11.9. The molecule has 2 aromatic heterocycles. The molecule has 0 unspecified atom stereocenters. The number of nitrogens with zero attached hydrogens (tertiary/aromatic N) is 5. The summed E-state index contributed by atoms with van der Waals surface area (Å²) in [6.07, 6.45) is 3.00. The number of anilines is 2. The molecule has 110 valence electrons. The van der Waals surface area contributed by atoms with Gasteiger partial charge in [0.15, 0.2) is 0 Å². The Morgan fingerprint density at radius 2 is 2.14 bits per heavy atom. The van der Waals surface area contributed by atoms with Crippen LogP contribution in [0.4, 0.5) is 17.3 Å². The summed E-state index contributed by atoms with van der Waals surface area (Å²) in [5, 5.41) is 14.2. The quantitative estimate of drug-likeness (QED) is 0.639. The molecule has 0 atom stereocenters. The summed E-state index contributed by atoms with van der Waals surface area (Å²) in [5.41, 5.74) is 0.677. The third-order valence-electron chi connectivity index (χ3n) is 2.82. The summed E-state index contributed by atoms with van der Waals surface area (Å²) >= 11 is 0. The van der Waals surface area contributed by atoms with Crippen molar-refractivity contribution in [3.05, 3.63) is 46.5 Å². The van der Waals surface area contributed by atoms with Gasteiger partial charge in [0.1, 0.15) is 6.33 Å². The van der Waals surface area contributed by atoms with Crippen LogP contribution in [0.2, 0.25) is 0 Å². The fourth-order valence-electron chi connectivity index (χ4n) is 1.92. The number of nitro groups is 1. The van der Waals surface area contributed by atoms with Crippen LogP contribution in [0.15, 0.2) is 30.7 Å². The number of pyridine rings is 1. The summed E-state index contributed by atoms with van der Waals surface area (Å²) in [5.74, 6) is 0.483. The summed E-state index contributed by atoms with van der Waals surface area (Å²) in [6.45, 7) is 2.81. The number of nitrogens with one attached hydrogen (secondary N) is 1. The summed E-state index contributed by atoms with van der Waals surface area (Å²) in [4.78, 5) is 24.7. The van der Waals surface area contributed by atoms with E-state index in [2.05, 4.69) is 20.3 Å². The molecule has 0 saturated heterocycles. The maximum Gasteiger partial charge on any atom is 0.353 e. The van der Waals surface area contributed by atoms with Crippen LogP contribution in [0.3, 0.4) is 0 Å². The normalized spacial score (nSPS) is 10.2. The van der Waals surface area contributed by atoms with Gasteiger partial charge >= 0.3 is 5.69 Å². The number of aromatic nitrogens is 3. The number of rotatable bonds is 6. The molecule has 21 heavy (non-hydrogen) atoms. The van der Waals surface area contributed by atoms with Gasteiger partial charge in [-0.2, -0.15) is 0 Å². The molecule has 0 saturated carbocycles. The maximum absolute atomic E-state index is 11.3. The standard InChI is InChI=1S/C13H16N6O2/c1-3-14-12-11(19(20)21)13(17-9-16-12)18(2)8-10-6-4-5-7-15-10/h4-7,9H,3,8H2,1-2H3,(H,14,16,17). The van der Waals surface area contributed by atoms with Gasteiger partial charge < -0.3 is 10.2 Å². The minimum Gasteiger partial charge on any atom is -0.364 e. The van der Waals surface area contributed by atoms with Gasteiger partial charge in [0.05, 0.1) is 17.2 Å². The molecule has 8 nitrogen and oxygen atoms in total. The molecule has 1 N–H and O–H groups in total. The second-order valence-corrected chi connectivity index (χ2v) is 4.36. The van der Waals surface area contributed by atoms with E-state index >= 15 is 0 Å². The minimum atomic E-state index is -0.470. The van der Waals surface area contributed by atoms with Gasteiger partial charge in [-0.05, 0) is 19.1 Å². The van der Waals surface area contributed by atoms with E-state index in [1.54, 1.807) is 18.1 Å². The van der Waals surface area contributed by atoms with Crippen LogP contribution in [0.5, 0.6) is 0 Å². The number of hydrogen-bond donors (Lipinski definition) is 1. The molecule has 0 aliphatic rings. The lowest BCUT2D eigenvalue weighted by Crippen LogP contribution is -2.20. The van der Waals surface area contributed by atoms with E-state index in [1.807, 2.05) is 25.1 Å². The highest BCUT2D eigenvalue weighted by molar-refractivity contribution is 5.69. The lowest BCUT2D eigenvalue weighted by molar-refractivity contribution is -0.383. The summed E-state index contributed by atoms with van der Waals surface area (Å²) in [6, 6.07) is 5.54. The van der Waals surface area contributed by atoms with Gasteiger partial charge in [-0.3, -0.25) is 15.1 Å². The third kappa shape index (κ3) is 3.41. The molecule has 2 aromatic rings. The summed E-state index contributed by atoms with van der Waals surface area (Å²) < 4.78 is 0. The topological polar surface area (TPSA) is 97.1 Å². The van der Waals surface area contributed by atoms with Crippen molar-refractivity contribution >= 4 is 17.3 Å². The average Bonchev–Trinajstić information content (AvgIpc) is 2.48. The second-order valence-electron chi connectivity index (χ2n) is 4.36. The zero-order valence-electron chi connectivity index (χ0n) is 11.9. The molecule has 8 heteroatoms. The first-order chi connectivity index (χ1) is 10.1. The van der Waals surface area contributed by atoms with E-state index in [0.717, 1.165) is 5.69 Å². The molecule has 0 aliphatic carbocycles. The Hall–Kier alpha value is -2.77. The van der Waals surface area contributed by atoms with Crippen LogP contribution in [0.25, 0.3) is 0 Å². The molecule has 0 aliphatic heterocycles. The van der Waals surface area contributed by atoms with Crippen molar-refractivity contribution in [1.29, 1.82) is 0 Å². The third-order valence-corrected chi connectivity index (χ3v) is 2.82. The van der Waals surface area contributed by atoms with E-state index in [-0.39, 0.29) is 17.3 Å². The summed E-state index contributed by atoms with van der Waals surface area (Å²) in [7, 11) is 1.74. The predicted molar refractivity (Wildman–Crippen MR) is 79.2 cm³/mol. The van der Waals surface area contributed by atoms with Crippen LogP contribution in [-0.2, 0) is 6.54 Å². The molecule has 0 fully saturated rings. The van der Waals surface area contributed by atoms with E-state index in [1.165, 1.54) is 6.33 Å². The SMILES string of the molecule is CCNc1ncnc(N(C)Cc2ccccn2)c1[N+](=O)[O-]. The van der Waals surface area contributed by atoms with Crippen molar-refractivity contribution in [3.8, 4) is 0 Å². The lowest BCUT2D eigenvalue weighted by atomic mass is 10.3. The molecular weight excluding hydrogens is 272 g/mol. The molecule has 0 amide bonds. The van der Waals surface area contributed by atoms with Gasteiger partial charge in [-0.25, -0.2) is 9.97 Å². The average molecular weight is 288 g/mol. The van der Waals surface area contributed by atoms with Crippen LogP contribution in [0.1, 0.15) is 12.6 Å². The molecular formula is C13H16N6O2. The Morgan fingerprint density at radius 3 is 2.76 bits per heavy atom.